The maximum atomic E-state index is 12.9. The van der Waals surface area contributed by atoms with Gasteiger partial charge in [0.1, 0.15) is 5.82 Å². The minimum absolute atomic E-state index is 0.0507. The Kier molecular flexibility index (Phi) is 4.92. The maximum absolute atomic E-state index is 12.9. The Labute approximate surface area is 164 Å². The molecule has 0 atom stereocenters. The van der Waals surface area contributed by atoms with Crippen LogP contribution in [0.5, 0.6) is 11.5 Å². The first-order valence-electron chi connectivity index (χ1n) is 9.22. The molecule has 2 aromatic carbocycles. The fraction of sp³-hybridized carbons (Fsp3) is 0.333. The predicted molar refractivity (Wildman–Crippen MR) is 106 cm³/mol. The summed E-state index contributed by atoms with van der Waals surface area (Å²) in [5, 5.41) is 0. The van der Waals surface area contributed by atoms with Gasteiger partial charge in [0.2, 0.25) is 12.7 Å². The molecule has 0 bridgehead atoms. The molecule has 1 aliphatic rings. The largest absolute Gasteiger partial charge is 0.454 e. The summed E-state index contributed by atoms with van der Waals surface area (Å²) in [5.41, 5.74) is 2.98. The molecule has 2 heterocycles. The SMILES string of the molecule is CN(C)CC(=O)N(Cc1ccc2c(c1)OCO2)Cc1nc2ccccc2n1C. The number of nitrogens with zero attached hydrogens (tertiary/aromatic N) is 4. The van der Waals surface area contributed by atoms with Crippen LogP contribution < -0.4 is 9.47 Å². The molecule has 1 aliphatic heterocycles. The van der Waals surface area contributed by atoms with Crippen molar-refractivity contribution in [3.05, 3.63) is 53.9 Å². The normalized spacial score (nSPS) is 12.7. The van der Waals surface area contributed by atoms with E-state index < -0.39 is 0 Å². The molecule has 0 unspecified atom stereocenters. The average Bonchev–Trinajstić information content (AvgIpc) is 3.25. The minimum Gasteiger partial charge on any atom is -0.454 e. The number of fused-ring (bicyclic) bond motifs is 2. The fourth-order valence-corrected chi connectivity index (χ4v) is 3.37. The van der Waals surface area contributed by atoms with Crippen LogP contribution in [-0.2, 0) is 24.9 Å². The van der Waals surface area contributed by atoms with E-state index in [1.54, 1.807) is 0 Å². The Morgan fingerprint density at radius 3 is 2.68 bits per heavy atom. The number of carbonyl (C=O) groups is 1. The molecule has 7 heteroatoms. The fourth-order valence-electron chi connectivity index (χ4n) is 3.37. The maximum Gasteiger partial charge on any atom is 0.237 e. The van der Waals surface area contributed by atoms with Crippen molar-refractivity contribution in [3.8, 4) is 11.5 Å². The van der Waals surface area contributed by atoms with Crippen molar-refractivity contribution in [2.45, 2.75) is 13.1 Å². The van der Waals surface area contributed by atoms with Crippen LogP contribution in [0, 0.1) is 0 Å². The van der Waals surface area contributed by atoms with Gasteiger partial charge in [-0.2, -0.15) is 0 Å². The predicted octanol–water partition coefficient (Wildman–Crippen LogP) is 2.39. The summed E-state index contributed by atoms with van der Waals surface area (Å²) in [6.45, 7) is 1.50. The van der Waals surface area contributed by atoms with Gasteiger partial charge in [0.15, 0.2) is 11.5 Å². The number of amides is 1. The topological polar surface area (TPSA) is 59.8 Å². The van der Waals surface area contributed by atoms with E-state index in [4.69, 9.17) is 14.5 Å². The van der Waals surface area contributed by atoms with Crippen LogP contribution in [0.4, 0.5) is 0 Å². The Morgan fingerprint density at radius 1 is 1.11 bits per heavy atom. The molecule has 0 saturated heterocycles. The Balaban J connectivity index is 1.61. The lowest BCUT2D eigenvalue weighted by Gasteiger charge is -2.24. The number of aryl methyl sites for hydroxylation is 1. The Hall–Kier alpha value is -3.06. The first kappa shape index (κ1) is 18.3. The summed E-state index contributed by atoms with van der Waals surface area (Å²) >= 11 is 0. The number of rotatable bonds is 6. The third-order valence-electron chi connectivity index (χ3n) is 4.83. The highest BCUT2D eigenvalue weighted by Gasteiger charge is 2.20. The number of likely N-dealkylation sites (N-methyl/N-ethyl adjacent to an activating group) is 1. The van der Waals surface area contributed by atoms with Gasteiger partial charge in [0, 0.05) is 13.6 Å². The van der Waals surface area contributed by atoms with Crippen molar-refractivity contribution in [3.63, 3.8) is 0 Å². The number of ether oxygens (including phenoxy) is 2. The van der Waals surface area contributed by atoms with Gasteiger partial charge in [-0.3, -0.25) is 4.79 Å². The summed E-state index contributed by atoms with van der Waals surface area (Å²) in [4.78, 5) is 21.3. The number of hydrogen-bond donors (Lipinski definition) is 0. The molecule has 4 rings (SSSR count). The van der Waals surface area contributed by atoms with Gasteiger partial charge in [-0.15, -0.1) is 0 Å². The minimum atomic E-state index is 0.0507. The molecule has 1 aromatic heterocycles. The highest BCUT2D eigenvalue weighted by atomic mass is 16.7. The van der Waals surface area contributed by atoms with Crippen LogP contribution in [-0.4, -0.2) is 52.7 Å². The second-order valence-electron chi connectivity index (χ2n) is 7.25. The molecule has 7 nitrogen and oxygen atoms in total. The number of benzene rings is 2. The molecular formula is C21H24N4O3. The monoisotopic (exact) mass is 380 g/mol. The van der Waals surface area contributed by atoms with Gasteiger partial charge in [0.25, 0.3) is 0 Å². The van der Waals surface area contributed by atoms with Gasteiger partial charge in [-0.1, -0.05) is 18.2 Å². The summed E-state index contributed by atoms with van der Waals surface area (Å²) < 4.78 is 12.9. The zero-order valence-electron chi connectivity index (χ0n) is 16.4. The molecule has 0 N–H and O–H groups in total. The highest BCUT2D eigenvalue weighted by Crippen LogP contribution is 2.33. The van der Waals surface area contributed by atoms with Crippen molar-refractivity contribution < 1.29 is 14.3 Å². The second-order valence-corrected chi connectivity index (χ2v) is 7.25. The lowest BCUT2D eigenvalue weighted by molar-refractivity contribution is -0.133. The zero-order chi connectivity index (χ0) is 19.7. The number of aromatic nitrogens is 2. The zero-order valence-corrected chi connectivity index (χ0v) is 16.4. The van der Waals surface area contributed by atoms with Crippen LogP contribution in [0.3, 0.4) is 0 Å². The van der Waals surface area contributed by atoms with Crippen molar-refractivity contribution in [2.24, 2.45) is 7.05 Å². The van der Waals surface area contributed by atoms with Gasteiger partial charge >= 0.3 is 0 Å². The smallest absolute Gasteiger partial charge is 0.237 e. The van der Waals surface area contributed by atoms with Crippen molar-refractivity contribution in [2.75, 3.05) is 27.4 Å². The third kappa shape index (κ3) is 3.66. The van der Waals surface area contributed by atoms with Crippen LogP contribution in [0.2, 0.25) is 0 Å². The van der Waals surface area contributed by atoms with Crippen molar-refractivity contribution in [1.29, 1.82) is 0 Å². The van der Waals surface area contributed by atoms with E-state index in [9.17, 15) is 4.79 Å². The van der Waals surface area contributed by atoms with Crippen LogP contribution in [0.15, 0.2) is 42.5 Å². The number of para-hydroxylation sites is 2. The van der Waals surface area contributed by atoms with E-state index in [1.807, 2.05) is 78.0 Å². The molecule has 3 aromatic rings. The lowest BCUT2D eigenvalue weighted by Crippen LogP contribution is -2.37. The van der Waals surface area contributed by atoms with E-state index in [-0.39, 0.29) is 12.7 Å². The first-order valence-corrected chi connectivity index (χ1v) is 9.22. The van der Waals surface area contributed by atoms with Crippen molar-refractivity contribution in [1.82, 2.24) is 19.4 Å². The van der Waals surface area contributed by atoms with E-state index >= 15 is 0 Å². The van der Waals surface area contributed by atoms with E-state index in [2.05, 4.69) is 0 Å². The third-order valence-corrected chi connectivity index (χ3v) is 4.83. The second kappa shape index (κ2) is 7.52. The van der Waals surface area contributed by atoms with Gasteiger partial charge in [-0.05, 0) is 43.9 Å². The lowest BCUT2D eigenvalue weighted by atomic mass is 10.2. The summed E-state index contributed by atoms with van der Waals surface area (Å²) in [7, 11) is 5.78. The van der Waals surface area contributed by atoms with Crippen LogP contribution in [0.1, 0.15) is 11.4 Å². The molecular weight excluding hydrogens is 356 g/mol. The van der Waals surface area contributed by atoms with Crippen LogP contribution in [0.25, 0.3) is 11.0 Å². The summed E-state index contributed by atoms with van der Waals surface area (Å²) in [6.07, 6.45) is 0. The van der Waals surface area contributed by atoms with Crippen molar-refractivity contribution >= 4 is 16.9 Å². The molecule has 28 heavy (non-hydrogen) atoms. The van der Waals surface area contributed by atoms with Gasteiger partial charge in [-0.25, -0.2) is 4.98 Å². The molecule has 0 radical (unpaired) electrons. The highest BCUT2D eigenvalue weighted by molar-refractivity contribution is 5.79. The Bertz CT molecular complexity index is 1010. The molecule has 0 aliphatic carbocycles. The molecule has 0 spiro atoms. The molecule has 0 fully saturated rings. The molecule has 1 amide bonds. The number of carbonyl (C=O) groups excluding carboxylic acids is 1. The first-order chi connectivity index (χ1) is 13.5. The summed E-state index contributed by atoms with van der Waals surface area (Å²) in [5.74, 6) is 2.37. The van der Waals surface area contributed by atoms with E-state index in [0.717, 1.165) is 33.9 Å². The van der Waals surface area contributed by atoms with Crippen LogP contribution >= 0.6 is 0 Å². The van der Waals surface area contributed by atoms with E-state index in [0.29, 0.717) is 19.6 Å². The van der Waals surface area contributed by atoms with E-state index in [1.165, 1.54) is 0 Å². The quantitative estimate of drug-likeness (QED) is 0.657. The number of imidazole rings is 1. The van der Waals surface area contributed by atoms with Gasteiger partial charge < -0.3 is 23.8 Å². The number of hydrogen-bond acceptors (Lipinski definition) is 5. The standard InChI is InChI=1S/C21H24N4O3/c1-23(2)13-21(26)25(11-15-8-9-18-19(10-15)28-14-27-18)12-20-22-16-6-4-5-7-17(16)24(20)3/h4-10H,11-14H2,1-3H3. The summed E-state index contributed by atoms with van der Waals surface area (Å²) in [6, 6.07) is 13.8. The molecule has 0 saturated carbocycles. The van der Waals surface area contributed by atoms with Gasteiger partial charge in [0.05, 0.1) is 24.1 Å². The average molecular weight is 380 g/mol. The Morgan fingerprint density at radius 2 is 1.89 bits per heavy atom. The molecule has 146 valence electrons.